The number of hydrogen-bond donors (Lipinski definition) is 1. The van der Waals surface area contributed by atoms with E-state index in [1.807, 2.05) is 38.1 Å². The zero-order chi connectivity index (χ0) is 13.0. The molecule has 0 unspecified atom stereocenters. The fourth-order valence-corrected chi connectivity index (χ4v) is 1.47. The molecular weight excluding hydrogens is 228 g/mol. The Labute approximate surface area is 106 Å². The molecule has 1 amide bonds. The van der Waals surface area contributed by atoms with Gasteiger partial charge in [-0.1, -0.05) is 26.0 Å². The predicted molar refractivity (Wildman–Crippen MR) is 70.9 cm³/mol. The summed E-state index contributed by atoms with van der Waals surface area (Å²) in [7, 11) is 0. The largest absolute Gasteiger partial charge is 0.437 e. The van der Waals surface area contributed by atoms with Crippen molar-refractivity contribution in [1.82, 2.24) is 10.3 Å². The number of aromatic nitrogens is 1. The molecule has 0 aliphatic rings. The Morgan fingerprint density at radius 3 is 2.94 bits per heavy atom. The second-order valence-electron chi connectivity index (χ2n) is 4.49. The molecule has 1 heterocycles. The van der Waals surface area contributed by atoms with Crippen molar-refractivity contribution < 1.29 is 9.21 Å². The fourth-order valence-electron chi connectivity index (χ4n) is 1.47. The van der Waals surface area contributed by atoms with E-state index in [4.69, 9.17) is 4.42 Å². The molecule has 0 aliphatic carbocycles. The number of fused-ring (bicyclic) bond motifs is 1. The molecule has 0 spiro atoms. The molecule has 4 nitrogen and oxygen atoms in total. The first kappa shape index (κ1) is 12.4. The lowest BCUT2D eigenvalue weighted by atomic mass is 10.2. The van der Waals surface area contributed by atoms with Crippen molar-refractivity contribution >= 4 is 23.1 Å². The lowest BCUT2D eigenvalue weighted by Gasteiger charge is -2.03. The molecule has 0 aliphatic heterocycles. The predicted octanol–water partition coefficient (Wildman–Crippen LogP) is 2.61. The number of nitrogens with one attached hydrogen (secondary N) is 1. The van der Waals surface area contributed by atoms with Crippen molar-refractivity contribution in [3.05, 3.63) is 36.2 Å². The molecular formula is C14H16N2O2. The minimum Gasteiger partial charge on any atom is -0.437 e. The van der Waals surface area contributed by atoms with Crippen LogP contribution in [-0.2, 0) is 4.79 Å². The average Bonchev–Trinajstić information content (AvgIpc) is 2.76. The smallest absolute Gasteiger partial charge is 0.244 e. The Morgan fingerprint density at radius 2 is 2.22 bits per heavy atom. The zero-order valence-electron chi connectivity index (χ0n) is 10.5. The van der Waals surface area contributed by atoms with Crippen molar-refractivity contribution in [1.29, 1.82) is 0 Å². The maximum absolute atomic E-state index is 11.5. The van der Waals surface area contributed by atoms with Crippen molar-refractivity contribution in [3.63, 3.8) is 0 Å². The Bertz CT molecular complexity index is 537. The minimum atomic E-state index is -0.133. The van der Waals surface area contributed by atoms with E-state index in [-0.39, 0.29) is 5.91 Å². The standard InChI is InChI=1S/C14H16N2O2/c1-10(2)9-15-13(17)7-8-14-16-11-5-3-4-6-12(11)18-14/h3-8,10H,9H2,1-2H3,(H,15,17). The summed E-state index contributed by atoms with van der Waals surface area (Å²) in [5.41, 5.74) is 1.51. The lowest BCUT2D eigenvalue weighted by molar-refractivity contribution is -0.116. The van der Waals surface area contributed by atoms with Crippen LogP contribution in [0.3, 0.4) is 0 Å². The number of benzene rings is 1. The molecule has 18 heavy (non-hydrogen) atoms. The van der Waals surface area contributed by atoms with E-state index in [0.717, 1.165) is 11.1 Å². The summed E-state index contributed by atoms with van der Waals surface area (Å²) < 4.78 is 5.47. The molecule has 0 saturated carbocycles. The van der Waals surface area contributed by atoms with Crippen LogP contribution in [0.25, 0.3) is 17.2 Å². The molecule has 0 radical (unpaired) electrons. The van der Waals surface area contributed by atoms with E-state index in [0.29, 0.717) is 18.4 Å². The van der Waals surface area contributed by atoms with Gasteiger partial charge >= 0.3 is 0 Å². The highest BCUT2D eigenvalue weighted by molar-refractivity contribution is 5.91. The zero-order valence-corrected chi connectivity index (χ0v) is 10.5. The Morgan fingerprint density at radius 1 is 1.44 bits per heavy atom. The molecule has 4 heteroatoms. The van der Waals surface area contributed by atoms with E-state index < -0.39 is 0 Å². The van der Waals surface area contributed by atoms with E-state index in [1.54, 1.807) is 6.08 Å². The van der Waals surface area contributed by atoms with Gasteiger partial charge in [-0.25, -0.2) is 4.98 Å². The van der Waals surface area contributed by atoms with Crippen LogP contribution in [0.15, 0.2) is 34.8 Å². The van der Waals surface area contributed by atoms with Crippen molar-refractivity contribution in [2.24, 2.45) is 5.92 Å². The van der Waals surface area contributed by atoms with Crippen LogP contribution in [0.2, 0.25) is 0 Å². The fraction of sp³-hybridized carbons (Fsp3) is 0.286. The Hall–Kier alpha value is -2.10. The van der Waals surface area contributed by atoms with E-state index >= 15 is 0 Å². The van der Waals surface area contributed by atoms with Crippen molar-refractivity contribution in [2.45, 2.75) is 13.8 Å². The van der Waals surface area contributed by atoms with E-state index in [1.165, 1.54) is 6.08 Å². The summed E-state index contributed by atoms with van der Waals surface area (Å²) >= 11 is 0. The number of hydrogen-bond acceptors (Lipinski definition) is 3. The van der Waals surface area contributed by atoms with Crippen LogP contribution in [0.1, 0.15) is 19.7 Å². The number of para-hydroxylation sites is 2. The summed E-state index contributed by atoms with van der Waals surface area (Å²) in [5.74, 6) is 0.744. The third kappa shape index (κ3) is 3.20. The lowest BCUT2D eigenvalue weighted by Crippen LogP contribution is -2.25. The second kappa shape index (κ2) is 5.49. The SMILES string of the molecule is CC(C)CNC(=O)C=Cc1nc2ccccc2o1. The molecule has 1 N–H and O–H groups in total. The summed E-state index contributed by atoms with van der Waals surface area (Å²) in [6.45, 7) is 4.76. The highest BCUT2D eigenvalue weighted by atomic mass is 16.3. The summed E-state index contributed by atoms with van der Waals surface area (Å²) in [4.78, 5) is 15.7. The van der Waals surface area contributed by atoms with Gasteiger partial charge in [-0.3, -0.25) is 4.79 Å². The maximum Gasteiger partial charge on any atom is 0.244 e. The number of carbonyl (C=O) groups excluding carboxylic acids is 1. The summed E-state index contributed by atoms with van der Waals surface area (Å²) in [6.07, 6.45) is 3.02. The first-order chi connectivity index (χ1) is 8.65. The topological polar surface area (TPSA) is 55.1 Å². The average molecular weight is 244 g/mol. The first-order valence-electron chi connectivity index (χ1n) is 5.96. The maximum atomic E-state index is 11.5. The summed E-state index contributed by atoms with van der Waals surface area (Å²) in [6, 6.07) is 7.50. The van der Waals surface area contributed by atoms with Gasteiger partial charge in [0.2, 0.25) is 11.8 Å². The monoisotopic (exact) mass is 244 g/mol. The van der Waals surface area contributed by atoms with Gasteiger partial charge in [0.25, 0.3) is 0 Å². The molecule has 0 fully saturated rings. The van der Waals surface area contributed by atoms with E-state index in [2.05, 4.69) is 10.3 Å². The van der Waals surface area contributed by atoms with Crippen LogP contribution in [0.5, 0.6) is 0 Å². The highest BCUT2D eigenvalue weighted by Gasteiger charge is 2.02. The Balaban J connectivity index is 2.02. The number of amides is 1. The molecule has 0 bridgehead atoms. The Kier molecular flexibility index (Phi) is 3.77. The van der Waals surface area contributed by atoms with Gasteiger partial charge in [-0.15, -0.1) is 0 Å². The van der Waals surface area contributed by atoms with Crippen LogP contribution in [-0.4, -0.2) is 17.4 Å². The van der Waals surface area contributed by atoms with Crippen LogP contribution in [0.4, 0.5) is 0 Å². The van der Waals surface area contributed by atoms with E-state index in [9.17, 15) is 4.79 Å². The van der Waals surface area contributed by atoms with Gasteiger partial charge in [0, 0.05) is 18.7 Å². The second-order valence-corrected chi connectivity index (χ2v) is 4.49. The third-order valence-corrected chi connectivity index (χ3v) is 2.37. The van der Waals surface area contributed by atoms with Crippen LogP contribution < -0.4 is 5.32 Å². The summed E-state index contributed by atoms with van der Waals surface area (Å²) in [5, 5.41) is 2.79. The number of nitrogens with zero attached hydrogens (tertiary/aromatic N) is 1. The third-order valence-electron chi connectivity index (χ3n) is 2.37. The normalized spacial score (nSPS) is 11.5. The van der Waals surface area contributed by atoms with Gasteiger partial charge < -0.3 is 9.73 Å². The number of oxazole rings is 1. The minimum absolute atomic E-state index is 0.133. The van der Waals surface area contributed by atoms with Gasteiger partial charge in [-0.05, 0) is 18.1 Å². The molecule has 94 valence electrons. The highest BCUT2D eigenvalue weighted by Crippen LogP contribution is 2.15. The number of carbonyl (C=O) groups is 1. The van der Waals surface area contributed by atoms with Crippen LogP contribution >= 0.6 is 0 Å². The first-order valence-corrected chi connectivity index (χ1v) is 5.96. The van der Waals surface area contributed by atoms with Crippen molar-refractivity contribution in [2.75, 3.05) is 6.54 Å². The van der Waals surface area contributed by atoms with Gasteiger partial charge in [0.05, 0.1) is 0 Å². The van der Waals surface area contributed by atoms with Gasteiger partial charge in [0.1, 0.15) is 5.52 Å². The van der Waals surface area contributed by atoms with Crippen LogP contribution in [0, 0.1) is 5.92 Å². The van der Waals surface area contributed by atoms with Gasteiger partial charge in [0.15, 0.2) is 5.58 Å². The molecule has 1 aromatic carbocycles. The van der Waals surface area contributed by atoms with Gasteiger partial charge in [-0.2, -0.15) is 0 Å². The van der Waals surface area contributed by atoms with Crippen molar-refractivity contribution in [3.8, 4) is 0 Å². The molecule has 2 aromatic rings. The molecule has 2 rings (SSSR count). The molecule has 1 aromatic heterocycles. The molecule has 0 atom stereocenters. The molecule has 0 saturated heterocycles. The number of rotatable bonds is 4. The quantitative estimate of drug-likeness (QED) is 0.841.